The van der Waals surface area contributed by atoms with Crippen LogP contribution in [0.4, 0.5) is 0 Å². The first kappa shape index (κ1) is 18.3. The molecule has 6 nitrogen and oxygen atoms in total. The second-order valence-electron chi connectivity index (χ2n) is 7.47. The summed E-state index contributed by atoms with van der Waals surface area (Å²) in [6, 6.07) is 11.5. The normalized spacial score (nSPS) is 16.2. The molecular formula is C22H22N2O4. The van der Waals surface area contributed by atoms with E-state index >= 15 is 0 Å². The van der Waals surface area contributed by atoms with Crippen molar-refractivity contribution in [3.05, 3.63) is 75.1 Å². The van der Waals surface area contributed by atoms with E-state index in [1.54, 1.807) is 35.2 Å². The number of phenols is 1. The smallest absolute Gasteiger partial charge is 0.290 e. The van der Waals surface area contributed by atoms with Gasteiger partial charge in [0.15, 0.2) is 5.43 Å². The topological polar surface area (TPSA) is 74.0 Å². The van der Waals surface area contributed by atoms with Crippen molar-refractivity contribution >= 4 is 16.9 Å². The summed E-state index contributed by atoms with van der Waals surface area (Å²) in [5.74, 6) is -0.120. The van der Waals surface area contributed by atoms with Gasteiger partial charge >= 0.3 is 0 Å². The predicted octanol–water partition coefficient (Wildman–Crippen LogP) is 2.91. The number of hydrogen-bond donors (Lipinski definition) is 1. The zero-order valence-corrected chi connectivity index (χ0v) is 16.1. The van der Waals surface area contributed by atoms with Crippen LogP contribution in [0, 0.1) is 6.92 Å². The van der Waals surface area contributed by atoms with Gasteiger partial charge < -0.3 is 19.3 Å². The van der Waals surface area contributed by atoms with Gasteiger partial charge in [-0.3, -0.25) is 9.59 Å². The van der Waals surface area contributed by atoms with Crippen LogP contribution in [0.15, 0.2) is 51.7 Å². The van der Waals surface area contributed by atoms with Gasteiger partial charge in [0, 0.05) is 13.1 Å². The highest BCUT2D eigenvalue weighted by molar-refractivity contribution is 5.99. The molecule has 1 unspecified atom stereocenters. The first-order valence-corrected chi connectivity index (χ1v) is 9.19. The lowest BCUT2D eigenvalue weighted by atomic mass is 9.98. The molecule has 1 atom stereocenters. The Kier molecular flexibility index (Phi) is 4.43. The van der Waals surface area contributed by atoms with Gasteiger partial charge in [-0.2, -0.15) is 0 Å². The highest BCUT2D eigenvalue weighted by Crippen LogP contribution is 2.38. The maximum absolute atomic E-state index is 13.4. The molecule has 3 aromatic rings. The molecule has 0 aliphatic carbocycles. The van der Waals surface area contributed by atoms with Crippen LogP contribution in [0.5, 0.6) is 5.75 Å². The molecule has 0 bridgehead atoms. The van der Waals surface area contributed by atoms with Crippen LogP contribution < -0.4 is 5.43 Å². The molecule has 0 spiro atoms. The molecule has 0 saturated heterocycles. The fraction of sp³-hybridized carbons (Fsp3) is 0.273. The second kappa shape index (κ2) is 6.80. The van der Waals surface area contributed by atoms with Crippen molar-refractivity contribution in [2.24, 2.45) is 0 Å². The maximum atomic E-state index is 13.4. The third-order valence-corrected chi connectivity index (χ3v) is 5.10. The Balaban J connectivity index is 1.96. The minimum Gasteiger partial charge on any atom is -0.508 e. The summed E-state index contributed by atoms with van der Waals surface area (Å²) >= 11 is 0. The number of rotatable bonds is 4. The van der Waals surface area contributed by atoms with E-state index in [0.29, 0.717) is 35.2 Å². The zero-order chi connectivity index (χ0) is 20.0. The Morgan fingerprint density at radius 3 is 2.64 bits per heavy atom. The van der Waals surface area contributed by atoms with Crippen LogP contribution in [0.3, 0.4) is 0 Å². The number of amides is 1. The lowest BCUT2D eigenvalue weighted by Gasteiger charge is -2.26. The van der Waals surface area contributed by atoms with Crippen LogP contribution in [0.25, 0.3) is 11.0 Å². The van der Waals surface area contributed by atoms with E-state index in [9.17, 15) is 14.7 Å². The Bertz CT molecular complexity index is 1130. The van der Waals surface area contributed by atoms with Crippen LogP contribution >= 0.6 is 0 Å². The number of phenolic OH excluding ortho intramolecular Hbond substituents is 1. The fourth-order valence-electron chi connectivity index (χ4n) is 3.71. The number of hydrogen-bond acceptors (Lipinski definition) is 5. The second-order valence-corrected chi connectivity index (χ2v) is 7.47. The predicted molar refractivity (Wildman–Crippen MR) is 107 cm³/mol. The maximum Gasteiger partial charge on any atom is 0.290 e. The SMILES string of the molecule is Cc1ccc2oc3c(c(=O)c2c1)C(c1cccc(O)c1)N(CCN(C)C)C3=O. The Hall–Kier alpha value is -3.12. The number of nitrogens with zero attached hydrogens (tertiary/aromatic N) is 2. The molecule has 6 heteroatoms. The molecule has 1 N–H and O–H groups in total. The van der Waals surface area contributed by atoms with Gasteiger partial charge in [-0.1, -0.05) is 23.8 Å². The number of carbonyl (C=O) groups excluding carboxylic acids is 1. The number of benzene rings is 2. The van der Waals surface area contributed by atoms with Crippen LogP contribution in [0.2, 0.25) is 0 Å². The Morgan fingerprint density at radius 1 is 1.14 bits per heavy atom. The first-order chi connectivity index (χ1) is 13.4. The van der Waals surface area contributed by atoms with Crippen molar-refractivity contribution in [1.82, 2.24) is 9.80 Å². The average molecular weight is 378 g/mol. The largest absolute Gasteiger partial charge is 0.508 e. The molecular weight excluding hydrogens is 356 g/mol. The summed E-state index contributed by atoms with van der Waals surface area (Å²) in [5.41, 5.74) is 2.18. The van der Waals surface area contributed by atoms with Gasteiger partial charge in [0.1, 0.15) is 11.3 Å². The van der Waals surface area contributed by atoms with Gasteiger partial charge in [0.25, 0.3) is 5.91 Å². The van der Waals surface area contributed by atoms with Crippen LogP contribution in [-0.4, -0.2) is 48.0 Å². The molecule has 2 heterocycles. The van der Waals surface area contributed by atoms with Gasteiger partial charge in [-0.15, -0.1) is 0 Å². The van der Waals surface area contributed by atoms with Crippen LogP contribution in [-0.2, 0) is 0 Å². The Morgan fingerprint density at radius 2 is 1.93 bits per heavy atom. The van der Waals surface area contributed by atoms with Gasteiger partial charge in [0.05, 0.1) is 17.0 Å². The van der Waals surface area contributed by atoms with Crippen molar-refractivity contribution in [1.29, 1.82) is 0 Å². The van der Waals surface area contributed by atoms with E-state index in [-0.39, 0.29) is 22.8 Å². The third-order valence-electron chi connectivity index (χ3n) is 5.10. The molecule has 0 saturated carbocycles. The van der Waals surface area contributed by atoms with Gasteiger partial charge in [0.2, 0.25) is 5.76 Å². The molecule has 0 fully saturated rings. The molecule has 0 radical (unpaired) electrons. The molecule has 1 aliphatic heterocycles. The minimum absolute atomic E-state index is 0.0898. The molecule has 1 aliphatic rings. The highest BCUT2D eigenvalue weighted by Gasteiger charge is 2.42. The van der Waals surface area contributed by atoms with Gasteiger partial charge in [-0.05, 0) is 50.8 Å². The lowest BCUT2D eigenvalue weighted by Crippen LogP contribution is -2.35. The fourth-order valence-corrected chi connectivity index (χ4v) is 3.71. The number of aryl methyl sites for hydroxylation is 1. The summed E-state index contributed by atoms with van der Waals surface area (Å²) in [6.45, 7) is 2.99. The van der Waals surface area contributed by atoms with E-state index in [4.69, 9.17) is 4.42 Å². The van der Waals surface area contributed by atoms with Crippen molar-refractivity contribution in [2.75, 3.05) is 27.2 Å². The van der Waals surface area contributed by atoms with Gasteiger partial charge in [-0.25, -0.2) is 0 Å². The van der Waals surface area contributed by atoms with Crippen molar-refractivity contribution in [3.8, 4) is 5.75 Å². The molecule has 144 valence electrons. The van der Waals surface area contributed by atoms with E-state index in [2.05, 4.69) is 0 Å². The minimum atomic E-state index is -0.587. The lowest BCUT2D eigenvalue weighted by molar-refractivity contribution is 0.0716. The quantitative estimate of drug-likeness (QED) is 0.756. The average Bonchev–Trinajstić information content (AvgIpc) is 2.93. The van der Waals surface area contributed by atoms with E-state index < -0.39 is 6.04 Å². The summed E-state index contributed by atoms with van der Waals surface area (Å²) < 4.78 is 5.90. The monoisotopic (exact) mass is 378 g/mol. The molecule has 1 aromatic heterocycles. The Labute approximate surface area is 162 Å². The van der Waals surface area contributed by atoms with Crippen molar-refractivity contribution < 1.29 is 14.3 Å². The summed E-state index contributed by atoms with van der Waals surface area (Å²) in [7, 11) is 3.86. The summed E-state index contributed by atoms with van der Waals surface area (Å²) in [5, 5.41) is 10.4. The standard InChI is InChI=1S/C22H22N2O4/c1-13-7-8-17-16(11-13)20(26)18-19(14-5-4-6-15(25)12-14)24(10-9-23(2)3)22(27)21(18)28-17/h4-8,11-12,19,25H,9-10H2,1-3H3. The molecule has 1 amide bonds. The van der Waals surface area contributed by atoms with E-state index in [0.717, 1.165) is 5.56 Å². The summed E-state index contributed by atoms with van der Waals surface area (Å²) in [4.78, 5) is 30.1. The van der Waals surface area contributed by atoms with Crippen molar-refractivity contribution in [3.63, 3.8) is 0 Å². The number of fused-ring (bicyclic) bond motifs is 2. The highest BCUT2D eigenvalue weighted by atomic mass is 16.3. The molecule has 28 heavy (non-hydrogen) atoms. The number of likely N-dealkylation sites (N-methyl/N-ethyl adjacent to an activating group) is 1. The number of carbonyl (C=O) groups is 1. The first-order valence-electron chi connectivity index (χ1n) is 9.19. The number of aromatic hydroxyl groups is 1. The third kappa shape index (κ3) is 2.96. The van der Waals surface area contributed by atoms with Crippen LogP contribution in [0.1, 0.15) is 33.3 Å². The summed E-state index contributed by atoms with van der Waals surface area (Å²) in [6.07, 6.45) is 0. The van der Waals surface area contributed by atoms with Crippen molar-refractivity contribution in [2.45, 2.75) is 13.0 Å². The zero-order valence-electron chi connectivity index (χ0n) is 16.1. The van der Waals surface area contributed by atoms with E-state index in [1.807, 2.05) is 38.1 Å². The van der Waals surface area contributed by atoms with E-state index in [1.165, 1.54) is 0 Å². The molecule has 2 aromatic carbocycles. The molecule has 4 rings (SSSR count).